The maximum absolute atomic E-state index is 14.4. The van der Waals surface area contributed by atoms with Crippen molar-refractivity contribution in [1.29, 1.82) is 0 Å². The van der Waals surface area contributed by atoms with Crippen LogP contribution in [0.2, 0.25) is 0 Å². The predicted octanol–water partition coefficient (Wildman–Crippen LogP) is 6.71. The van der Waals surface area contributed by atoms with E-state index in [0.717, 1.165) is 11.1 Å². The first kappa shape index (κ1) is 36.4. The van der Waals surface area contributed by atoms with E-state index in [-0.39, 0.29) is 36.9 Å². The van der Waals surface area contributed by atoms with Gasteiger partial charge in [0.1, 0.15) is 23.9 Å². The van der Waals surface area contributed by atoms with Crippen molar-refractivity contribution in [3.8, 4) is 0 Å². The Kier molecular flexibility index (Phi) is 8.07. The van der Waals surface area contributed by atoms with Gasteiger partial charge in [0, 0.05) is 44.4 Å². The molecule has 0 N–H and O–H groups in total. The van der Waals surface area contributed by atoms with Gasteiger partial charge in [-0.05, 0) is 87.0 Å². The van der Waals surface area contributed by atoms with Crippen molar-refractivity contribution in [3.63, 3.8) is 0 Å². The molecule has 1 heterocycles. The highest BCUT2D eigenvalue weighted by Crippen LogP contribution is 2.82. The summed E-state index contributed by atoms with van der Waals surface area (Å²) in [5.74, 6) is -2.31. The zero-order valence-corrected chi connectivity index (χ0v) is 32.0. The highest BCUT2D eigenvalue weighted by molar-refractivity contribution is 5.96. The van der Waals surface area contributed by atoms with Gasteiger partial charge >= 0.3 is 23.9 Å². The van der Waals surface area contributed by atoms with Crippen LogP contribution >= 0.6 is 0 Å². The molecule has 7 rings (SSSR count). The number of esters is 4. The molecular formula is C42H52O10. The Morgan fingerprint density at radius 2 is 1.54 bits per heavy atom. The van der Waals surface area contributed by atoms with E-state index in [1.807, 2.05) is 39.8 Å². The number of carbonyl (C=O) groups is 5. The molecule has 2 bridgehead atoms. The van der Waals surface area contributed by atoms with Crippen LogP contribution in [0.4, 0.5) is 0 Å². The van der Waals surface area contributed by atoms with Crippen LogP contribution in [0.5, 0.6) is 0 Å². The van der Waals surface area contributed by atoms with Crippen LogP contribution in [0.25, 0.3) is 0 Å². The van der Waals surface area contributed by atoms with Crippen molar-refractivity contribution in [2.24, 2.45) is 44.8 Å². The van der Waals surface area contributed by atoms with Gasteiger partial charge in [-0.3, -0.25) is 19.2 Å². The smallest absolute Gasteiger partial charge is 0.338 e. The fraction of sp³-hybridized carbons (Fsp3) is 0.643. The lowest BCUT2D eigenvalue weighted by Gasteiger charge is -2.69. The molecule has 0 unspecified atom stereocenters. The summed E-state index contributed by atoms with van der Waals surface area (Å²) in [5, 5.41) is 0. The standard InChI is InChI=1S/C42H52O10/c1-22-16-31(51-35(46)27-14-12-11-13-15-27)40(9)32(50-26(5)44)20-37(6)21-41(40,52-36(37)47)42(22)23(2)18-39(8)30-17-28(45)33(48-10)24(3)38(30,7)19-29(34(39)42)49-25(4)43/h11-16,23,29-32,34H,17-21H2,1-10H3/t23-,29+,30-,31-,32-,34-,37-,38+,39-,40-,41+,42-/m0/s1. The Bertz CT molecular complexity index is 1830. The third-order valence-corrected chi connectivity index (χ3v) is 15.1. The average Bonchev–Trinajstić information content (AvgIpc) is 3.45. The number of ether oxygens (including phenoxy) is 5. The molecule has 0 aromatic heterocycles. The minimum Gasteiger partial charge on any atom is -0.493 e. The second-order valence-electron chi connectivity index (χ2n) is 17.6. The van der Waals surface area contributed by atoms with E-state index in [9.17, 15) is 24.0 Å². The molecule has 0 radical (unpaired) electrons. The Hall–Kier alpha value is -3.95. The van der Waals surface area contributed by atoms with Crippen molar-refractivity contribution in [2.75, 3.05) is 7.11 Å². The molecule has 1 aliphatic heterocycles. The highest BCUT2D eigenvalue weighted by atomic mass is 16.6. The molecule has 0 amide bonds. The van der Waals surface area contributed by atoms with Gasteiger partial charge in [-0.25, -0.2) is 4.79 Å². The molecule has 280 valence electrons. The molecule has 1 saturated heterocycles. The molecular weight excluding hydrogens is 664 g/mol. The topological polar surface area (TPSA) is 132 Å². The van der Waals surface area contributed by atoms with Gasteiger partial charge in [0.2, 0.25) is 0 Å². The number of ketones is 1. The zero-order chi connectivity index (χ0) is 38.0. The minimum atomic E-state index is -1.36. The quantitative estimate of drug-likeness (QED) is 0.184. The Labute approximate surface area is 306 Å². The maximum Gasteiger partial charge on any atom is 0.338 e. The number of Topliss-reactive ketones (excluding diaryl/α,β-unsaturated/α-hetero) is 1. The molecule has 2 spiro atoms. The van der Waals surface area contributed by atoms with Crippen LogP contribution in [-0.4, -0.2) is 60.7 Å². The van der Waals surface area contributed by atoms with E-state index in [1.54, 1.807) is 24.3 Å². The molecule has 1 aromatic rings. The molecule has 52 heavy (non-hydrogen) atoms. The average molecular weight is 717 g/mol. The van der Waals surface area contributed by atoms with E-state index in [1.165, 1.54) is 21.0 Å². The van der Waals surface area contributed by atoms with E-state index in [4.69, 9.17) is 23.7 Å². The summed E-state index contributed by atoms with van der Waals surface area (Å²) in [6.07, 6.45) is 1.33. The molecule has 1 aromatic carbocycles. The van der Waals surface area contributed by atoms with Crippen LogP contribution in [0.1, 0.15) is 105 Å². The Morgan fingerprint density at radius 1 is 0.885 bits per heavy atom. The number of rotatable bonds is 5. The largest absolute Gasteiger partial charge is 0.493 e. The SMILES string of the molecule is COC1=C(C)[C@@]2(C)C[C@@H](OC(C)=O)[C@H]3[C@@](C)(C[C@H](C)[C@@]34C(C)=C[C@H](OC(=O)c3ccccc3)[C@@]3(C)[C@@H](OC(C)=O)C[C@@]5(C)C[C@@]34OC5=O)[C@H]2CC1=O. The number of allylic oxidation sites excluding steroid dienone is 2. The predicted molar refractivity (Wildman–Crippen MR) is 188 cm³/mol. The molecule has 4 fully saturated rings. The highest BCUT2D eigenvalue weighted by Gasteiger charge is 2.87. The third-order valence-electron chi connectivity index (χ3n) is 15.1. The van der Waals surface area contributed by atoms with Crippen molar-refractivity contribution < 1.29 is 47.7 Å². The summed E-state index contributed by atoms with van der Waals surface area (Å²) in [5.41, 5.74) is -3.65. The molecule has 12 atom stereocenters. The molecule has 5 aliphatic carbocycles. The van der Waals surface area contributed by atoms with Gasteiger partial charge in [0.15, 0.2) is 11.5 Å². The van der Waals surface area contributed by atoms with E-state index in [2.05, 4.69) is 20.8 Å². The van der Waals surface area contributed by atoms with Crippen LogP contribution in [0, 0.1) is 44.8 Å². The number of hydrogen-bond donors (Lipinski definition) is 0. The summed E-state index contributed by atoms with van der Waals surface area (Å²) in [6, 6.07) is 8.71. The van der Waals surface area contributed by atoms with Gasteiger partial charge in [0.25, 0.3) is 0 Å². The summed E-state index contributed by atoms with van der Waals surface area (Å²) in [4.78, 5) is 68.1. The van der Waals surface area contributed by atoms with Gasteiger partial charge in [-0.1, -0.05) is 44.5 Å². The van der Waals surface area contributed by atoms with Gasteiger partial charge in [0.05, 0.1) is 23.5 Å². The molecule has 3 saturated carbocycles. The normalized spacial score (nSPS) is 44.5. The van der Waals surface area contributed by atoms with Gasteiger partial charge in [-0.15, -0.1) is 0 Å². The van der Waals surface area contributed by atoms with Crippen molar-refractivity contribution in [2.45, 2.75) is 118 Å². The third kappa shape index (κ3) is 4.38. The van der Waals surface area contributed by atoms with Crippen LogP contribution in [0.15, 0.2) is 53.3 Å². The summed E-state index contributed by atoms with van der Waals surface area (Å²) in [7, 11) is 1.52. The minimum absolute atomic E-state index is 0.0544. The first-order chi connectivity index (χ1) is 24.3. The summed E-state index contributed by atoms with van der Waals surface area (Å²) >= 11 is 0. The zero-order valence-electron chi connectivity index (χ0n) is 32.0. The Balaban J connectivity index is 1.51. The number of methoxy groups -OCH3 is 1. The lowest BCUT2D eigenvalue weighted by atomic mass is 9.37. The fourth-order valence-corrected chi connectivity index (χ4v) is 13.3. The summed E-state index contributed by atoms with van der Waals surface area (Å²) < 4.78 is 31.7. The van der Waals surface area contributed by atoms with Gasteiger partial charge < -0.3 is 23.7 Å². The monoisotopic (exact) mass is 716 g/mol. The number of benzene rings is 1. The van der Waals surface area contributed by atoms with Crippen molar-refractivity contribution in [3.05, 3.63) is 58.9 Å². The van der Waals surface area contributed by atoms with Crippen molar-refractivity contribution >= 4 is 29.7 Å². The second kappa shape index (κ2) is 11.5. The second-order valence-corrected chi connectivity index (χ2v) is 17.6. The van der Waals surface area contributed by atoms with Crippen molar-refractivity contribution in [1.82, 2.24) is 0 Å². The van der Waals surface area contributed by atoms with E-state index < -0.39 is 80.8 Å². The number of hydrogen-bond acceptors (Lipinski definition) is 10. The molecule has 10 heteroatoms. The van der Waals surface area contributed by atoms with Crippen LogP contribution < -0.4 is 0 Å². The van der Waals surface area contributed by atoms with E-state index >= 15 is 0 Å². The van der Waals surface area contributed by atoms with Crippen LogP contribution in [-0.2, 0) is 42.9 Å². The van der Waals surface area contributed by atoms with Gasteiger partial charge in [-0.2, -0.15) is 0 Å². The molecule has 10 nitrogen and oxygen atoms in total. The fourth-order valence-electron chi connectivity index (χ4n) is 13.3. The number of fused-ring (bicyclic) bond motifs is 5. The Morgan fingerprint density at radius 3 is 2.15 bits per heavy atom. The van der Waals surface area contributed by atoms with E-state index in [0.29, 0.717) is 24.2 Å². The maximum atomic E-state index is 14.4. The number of carbonyl (C=O) groups excluding carboxylic acids is 5. The first-order valence-electron chi connectivity index (χ1n) is 18.6. The van der Waals surface area contributed by atoms with Crippen LogP contribution in [0.3, 0.4) is 0 Å². The first-order valence-corrected chi connectivity index (χ1v) is 18.6. The molecule has 6 aliphatic rings. The summed E-state index contributed by atoms with van der Waals surface area (Å²) in [6.45, 7) is 17.1. The lowest BCUT2D eigenvalue weighted by Crippen LogP contribution is -2.75. The lowest BCUT2D eigenvalue weighted by molar-refractivity contribution is -0.275.